The lowest BCUT2D eigenvalue weighted by molar-refractivity contribution is -0.123. The number of carbonyl (C=O) groups is 2. The zero-order chi connectivity index (χ0) is 14.4. The summed E-state index contributed by atoms with van der Waals surface area (Å²) in [6, 6.07) is 0. The average Bonchev–Trinajstić information content (AvgIpc) is 3.26. The van der Waals surface area contributed by atoms with Crippen LogP contribution in [0.2, 0.25) is 0 Å². The number of rotatable bonds is 7. The summed E-state index contributed by atoms with van der Waals surface area (Å²) in [5, 5.41) is 15.4. The van der Waals surface area contributed by atoms with Crippen molar-refractivity contribution in [1.82, 2.24) is 10.6 Å². The number of hydrogen-bond acceptors (Lipinski definition) is 3. The van der Waals surface area contributed by atoms with Crippen LogP contribution in [0.1, 0.15) is 51.4 Å². The molecule has 2 amide bonds. The minimum Gasteiger partial charge on any atom is -0.393 e. The molecule has 2 fully saturated rings. The Kier molecular flexibility index (Phi) is 5.83. The minimum absolute atomic E-state index is 0.0470. The highest BCUT2D eigenvalue weighted by molar-refractivity contribution is 5.81. The Morgan fingerprint density at radius 2 is 1.90 bits per heavy atom. The fourth-order valence-corrected chi connectivity index (χ4v) is 2.74. The third kappa shape index (κ3) is 5.49. The van der Waals surface area contributed by atoms with Crippen molar-refractivity contribution in [3.05, 3.63) is 0 Å². The standard InChI is InChI=1S/C15H26N2O3/c18-13-4-1-3-11(9-13)10-17-14(19)5-2-8-16-15(20)12-6-7-12/h11-13,18H,1-10H2,(H,16,20)(H,17,19). The molecule has 0 aromatic heterocycles. The molecule has 2 atom stereocenters. The monoisotopic (exact) mass is 282 g/mol. The van der Waals surface area contributed by atoms with Crippen molar-refractivity contribution in [3.63, 3.8) is 0 Å². The molecule has 2 unspecified atom stereocenters. The van der Waals surface area contributed by atoms with Crippen LogP contribution in [-0.4, -0.2) is 36.1 Å². The van der Waals surface area contributed by atoms with Crippen molar-refractivity contribution < 1.29 is 14.7 Å². The molecular weight excluding hydrogens is 256 g/mol. The molecule has 0 aromatic rings. The summed E-state index contributed by atoms with van der Waals surface area (Å²) in [5.41, 5.74) is 0. The number of amides is 2. The Labute approximate surface area is 120 Å². The summed E-state index contributed by atoms with van der Waals surface area (Å²) < 4.78 is 0. The van der Waals surface area contributed by atoms with Gasteiger partial charge in [-0.3, -0.25) is 9.59 Å². The van der Waals surface area contributed by atoms with E-state index in [0.29, 0.717) is 31.8 Å². The molecular formula is C15H26N2O3. The van der Waals surface area contributed by atoms with E-state index in [1.54, 1.807) is 0 Å². The van der Waals surface area contributed by atoms with E-state index in [4.69, 9.17) is 0 Å². The van der Waals surface area contributed by atoms with Gasteiger partial charge in [0, 0.05) is 25.4 Å². The SMILES string of the molecule is O=C(CCCNC(=O)C1CC1)NCC1CCCC(O)C1. The van der Waals surface area contributed by atoms with Crippen molar-refractivity contribution in [3.8, 4) is 0 Å². The highest BCUT2D eigenvalue weighted by Gasteiger charge is 2.29. The van der Waals surface area contributed by atoms with Gasteiger partial charge in [0.05, 0.1) is 6.10 Å². The van der Waals surface area contributed by atoms with Crippen molar-refractivity contribution >= 4 is 11.8 Å². The zero-order valence-corrected chi connectivity index (χ0v) is 12.1. The fourth-order valence-electron chi connectivity index (χ4n) is 2.74. The van der Waals surface area contributed by atoms with Crippen molar-refractivity contribution in [2.45, 2.75) is 57.5 Å². The molecule has 2 rings (SSSR count). The quantitative estimate of drug-likeness (QED) is 0.609. The first-order chi connectivity index (χ1) is 9.65. The molecule has 0 radical (unpaired) electrons. The lowest BCUT2D eigenvalue weighted by Gasteiger charge is -2.25. The molecule has 114 valence electrons. The molecule has 0 saturated heterocycles. The molecule has 0 bridgehead atoms. The highest BCUT2D eigenvalue weighted by atomic mass is 16.3. The molecule has 5 nitrogen and oxygen atoms in total. The van der Waals surface area contributed by atoms with Crippen LogP contribution in [0.3, 0.4) is 0 Å². The first-order valence-electron chi connectivity index (χ1n) is 7.87. The highest BCUT2D eigenvalue weighted by Crippen LogP contribution is 2.28. The van der Waals surface area contributed by atoms with Gasteiger partial charge in [-0.15, -0.1) is 0 Å². The van der Waals surface area contributed by atoms with Gasteiger partial charge < -0.3 is 15.7 Å². The van der Waals surface area contributed by atoms with E-state index in [2.05, 4.69) is 10.6 Å². The van der Waals surface area contributed by atoms with Crippen LogP contribution in [0.5, 0.6) is 0 Å². The molecule has 0 aliphatic heterocycles. The number of aliphatic hydroxyl groups is 1. The van der Waals surface area contributed by atoms with E-state index in [1.807, 2.05) is 0 Å². The lowest BCUT2D eigenvalue weighted by Crippen LogP contribution is -2.33. The zero-order valence-electron chi connectivity index (χ0n) is 12.1. The maximum absolute atomic E-state index is 11.7. The summed E-state index contributed by atoms with van der Waals surface area (Å²) in [6.07, 6.45) is 6.83. The van der Waals surface area contributed by atoms with Gasteiger partial charge in [-0.1, -0.05) is 6.42 Å². The largest absolute Gasteiger partial charge is 0.393 e. The first-order valence-corrected chi connectivity index (χ1v) is 7.87. The van der Waals surface area contributed by atoms with Gasteiger partial charge >= 0.3 is 0 Å². The van der Waals surface area contributed by atoms with Gasteiger partial charge in [0.1, 0.15) is 0 Å². The molecule has 2 aliphatic carbocycles. The van der Waals surface area contributed by atoms with Gasteiger partial charge in [-0.05, 0) is 44.4 Å². The van der Waals surface area contributed by atoms with Crippen molar-refractivity contribution in [2.24, 2.45) is 11.8 Å². The predicted octanol–water partition coefficient (Wildman–Crippen LogP) is 0.960. The number of aliphatic hydroxyl groups excluding tert-OH is 1. The maximum Gasteiger partial charge on any atom is 0.223 e. The van der Waals surface area contributed by atoms with E-state index in [-0.39, 0.29) is 23.8 Å². The van der Waals surface area contributed by atoms with E-state index in [1.165, 1.54) is 0 Å². The van der Waals surface area contributed by atoms with E-state index >= 15 is 0 Å². The van der Waals surface area contributed by atoms with Gasteiger partial charge in [0.2, 0.25) is 11.8 Å². The van der Waals surface area contributed by atoms with Crippen LogP contribution < -0.4 is 10.6 Å². The lowest BCUT2D eigenvalue weighted by atomic mass is 9.87. The molecule has 2 saturated carbocycles. The van der Waals surface area contributed by atoms with Crippen molar-refractivity contribution in [1.29, 1.82) is 0 Å². The summed E-state index contributed by atoms with van der Waals surface area (Å²) in [6.45, 7) is 1.26. The Morgan fingerprint density at radius 3 is 2.60 bits per heavy atom. The Hall–Kier alpha value is -1.10. The maximum atomic E-state index is 11.7. The van der Waals surface area contributed by atoms with Gasteiger partial charge in [-0.25, -0.2) is 0 Å². The second kappa shape index (κ2) is 7.62. The van der Waals surface area contributed by atoms with Crippen LogP contribution in [0, 0.1) is 11.8 Å². The molecule has 3 N–H and O–H groups in total. The molecule has 0 aromatic carbocycles. The average molecular weight is 282 g/mol. The van der Waals surface area contributed by atoms with Crippen LogP contribution in [0.4, 0.5) is 0 Å². The first kappa shape index (κ1) is 15.3. The predicted molar refractivity (Wildman–Crippen MR) is 75.9 cm³/mol. The smallest absolute Gasteiger partial charge is 0.223 e. The Bertz CT molecular complexity index is 342. The van der Waals surface area contributed by atoms with Gasteiger partial charge in [0.25, 0.3) is 0 Å². The van der Waals surface area contributed by atoms with Crippen LogP contribution in [-0.2, 0) is 9.59 Å². The number of carbonyl (C=O) groups excluding carboxylic acids is 2. The normalized spacial score (nSPS) is 26.1. The molecule has 0 heterocycles. The summed E-state index contributed by atoms with van der Waals surface area (Å²) in [5.74, 6) is 0.839. The Morgan fingerprint density at radius 1 is 1.10 bits per heavy atom. The fraction of sp³-hybridized carbons (Fsp3) is 0.867. The van der Waals surface area contributed by atoms with E-state index < -0.39 is 0 Å². The van der Waals surface area contributed by atoms with Crippen molar-refractivity contribution in [2.75, 3.05) is 13.1 Å². The third-order valence-electron chi connectivity index (χ3n) is 4.17. The second-order valence-corrected chi connectivity index (χ2v) is 6.16. The number of nitrogens with one attached hydrogen (secondary N) is 2. The Balaban J connectivity index is 1.48. The van der Waals surface area contributed by atoms with E-state index in [0.717, 1.165) is 38.5 Å². The van der Waals surface area contributed by atoms with Gasteiger partial charge in [0.15, 0.2) is 0 Å². The topological polar surface area (TPSA) is 78.4 Å². The molecule has 2 aliphatic rings. The van der Waals surface area contributed by atoms with E-state index in [9.17, 15) is 14.7 Å². The van der Waals surface area contributed by atoms with Crippen LogP contribution >= 0.6 is 0 Å². The van der Waals surface area contributed by atoms with Crippen LogP contribution in [0.15, 0.2) is 0 Å². The third-order valence-corrected chi connectivity index (χ3v) is 4.17. The van der Waals surface area contributed by atoms with Crippen LogP contribution in [0.25, 0.3) is 0 Å². The summed E-state index contributed by atoms with van der Waals surface area (Å²) in [4.78, 5) is 23.0. The number of hydrogen-bond donors (Lipinski definition) is 3. The minimum atomic E-state index is -0.191. The molecule has 5 heteroatoms. The summed E-state index contributed by atoms with van der Waals surface area (Å²) in [7, 11) is 0. The molecule has 20 heavy (non-hydrogen) atoms. The second-order valence-electron chi connectivity index (χ2n) is 6.16. The molecule has 0 spiro atoms. The van der Waals surface area contributed by atoms with Gasteiger partial charge in [-0.2, -0.15) is 0 Å². The summed E-state index contributed by atoms with van der Waals surface area (Å²) >= 11 is 0.